The van der Waals surface area contributed by atoms with E-state index in [1.54, 1.807) is 0 Å². The van der Waals surface area contributed by atoms with Gasteiger partial charge in [0.15, 0.2) is 0 Å². The van der Waals surface area contributed by atoms with Gasteiger partial charge >= 0.3 is 0 Å². The van der Waals surface area contributed by atoms with E-state index in [1.807, 2.05) is 12.1 Å². The maximum Gasteiger partial charge on any atom is 0.0406 e. The molecule has 0 aliphatic rings. The first-order valence-electron chi connectivity index (χ1n) is 6.15. The summed E-state index contributed by atoms with van der Waals surface area (Å²) in [7, 11) is 0. The van der Waals surface area contributed by atoms with Gasteiger partial charge in [0, 0.05) is 17.6 Å². The first-order chi connectivity index (χ1) is 7.67. The average molecular weight is 240 g/mol. The van der Waals surface area contributed by atoms with Crippen LogP contribution in [0.15, 0.2) is 24.3 Å². The van der Waals surface area contributed by atoms with Gasteiger partial charge in [0.05, 0.1) is 0 Å². The van der Waals surface area contributed by atoms with E-state index in [4.69, 9.17) is 11.6 Å². The van der Waals surface area contributed by atoms with Crippen molar-refractivity contribution in [1.82, 2.24) is 5.32 Å². The highest BCUT2D eigenvalue weighted by Crippen LogP contribution is 2.14. The van der Waals surface area contributed by atoms with Crippen molar-refractivity contribution in [2.24, 2.45) is 5.92 Å². The van der Waals surface area contributed by atoms with Crippen molar-refractivity contribution in [3.05, 3.63) is 34.9 Å². The first kappa shape index (κ1) is 13.5. The fourth-order valence-corrected chi connectivity index (χ4v) is 2.17. The highest BCUT2D eigenvalue weighted by atomic mass is 35.5. The van der Waals surface area contributed by atoms with Crippen molar-refractivity contribution in [3.8, 4) is 0 Å². The molecule has 90 valence electrons. The van der Waals surface area contributed by atoms with Crippen LogP contribution in [0.5, 0.6) is 0 Å². The smallest absolute Gasteiger partial charge is 0.0406 e. The Morgan fingerprint density at radius 3 is 2.19 bits per heavy atom. The summed E-state index contributed by atoms with van der Waals surface area (Å²) in [6.07, 6.45) is 2.48. The molecule has 0 aliphatic carbocycles. The third-order valence-electron chi connectivity index (χ3n) is 3.30. The SMILES string of the molecule is CCC(CC)C(C)NCc1ccc(Cl)cc1. The summed E-state index contributed by atoms with van der Waals surface area (Å²) >= 11 is 5.85. The van der Waals surface area contributed by atoms with Crippen LogP contribution in [0, 0.1) is 5.92 Å². The zero-order chi connectivity index (χ0) is 12.0. The Labute approximate surface area is 104 Å². The summed E-state index contributed by atoms with van der Waals surface area (Å²) in [5.41, 5.74) is 1.29. The summed E-state index contributed by atoms with van der Waals surface area (Å²) in [6, 6.07) is 8.62. The van der Waals surface area contributed by atoms with Gasteiger partial charge in [-0.15, -0.1) is 0 Å². The van der Waals surface area contributed by atoms with Crippen molar-refractivity contribution in [3.63, 3.8) is 0 Å². The van der Waals surface area contributed by atoms with Gasteiger partial charge in [-0.2, -0.15) is 0 Å². The normalized spacial score (nSPS) is 13.1. The molecular formula is C14H22ClN. The highest BCUT2D eigenvalue weighted by molar-refractivity contribution is 6.30. The maximum atomic E-state index is 5.85. The number of rotatable bonds is 6. The van der Waals surface area contributed by atoms with E-state index in [2.05, 4.69) is 38.2 Å². The first-order valence-corrected chi connectivity index (χ1v) is 6.53. The number of nitrogens with one attached hydrogen (secondary N) is 1. The number of hydrogen-bond donors (Lipinski definition) is 1. The molecular weight excluding hydrogens is 218 g/mol. The standard InChI is InChI=1S/C14H22ClN/c1-4-13(5-2)11(3)16-10-12-6-8-14(15)9-7-12/h6-9,11,13,16H,4-5,10H2,1-3H3. The van der Waals surface area contributed by atoms with Gasteiger partial charge in [-0.25, -0.2) is 0 Å². The molecule has 0 amide bonds. The largest absolute Gasteiger partial charge is 0.310 e. The third-order valence-corrected chi connectivity index (χ3v) is 3.55. The van der Waals surface area contributed by atoms with E-state index in [-0.39, 0.29) is 0 Å². The topological polar surface area (TPSA) is 12.0 Å². The van der Waals surface area contributed by atoms with Gasteiger partial charge in [0.25, 0.3) is 0 Å². The Hall–Kier alpha value is -0.530. The van der Waals surface area contributed by atoms with Crippen molar-refractivity contribution in [2.75, 3.05) is 0 Å². The minimum atomic E-state index is 0.575. The van der Waals surface area contributed by atoms with Crippen LogP contribution < -0.4 is 5.32 Å². The maximum absolute atomic E-state index is 5.85. The second kappa shape index (κ2) is 6.93. The summed E-state index contributed by atoms with van der Waals surface area (Å²) in [5.74, 6) is 0.771. The Bertz CT molecular complexity index is 290. The molecule has 1 rings (SSSR count). The lowest BCUT2D eigenvalue weighted by Gasteiger charge is -2.22. The summed E-state index contributed by atoms with van der Waals surface area (Å²) in [6.45, 7) is 7.71. The van der Waals surface area contributed by atoms with Crippen LogP contribution in [0.1, 0.15) is 39.2 Å². The van der Waals surface area contributed by atoms with Gasteiger partial charge in [-0.3, -0.25) is 0 Å². The summed E-state index contributed by atoms with van der Waals surface area (Å²) < 4.78 is 0. The molecule has 16 heavy (non-hydrogen) atoms. The lowest BCUT2D eigenvalue weighted by atomic mass is 9.95. The second-order valence-electron chi connectivity index (χ2n) is 4.37. The lowest BCUT2D eigenvalue weighted by molar-refractivity contribution is 0.353. The van der Waals surface area contributed by atoms with Crippen molar-refractivity contribution in [1.29, 1.82) is 0 Å². The van der Waals surface area contributed by atoms with Crippen molar-refractivity contribution >= 4 is 11.6 Å². The third kappa shape index (κ3) is 4.15. The highest BCUT2D eigenvalue weighted by Gasteiger charge is 2.12. The van der Waals surface area contributed by atoms with Gasteiger partial charge in [0.2, 0.25) is 0 Å². The fourth-order valence-electron chi connectivity index (χ4n) is 2.04. The molecule has 0 fully saturated rings. The second-order valence-corrected chi connectivity index (χ2v) is 4.81. The van der Waals surface area contributed by atoms with Gasteiger partial charge < -0.3 is 5.32 Å². The Balaban J connectivity index is 2.42. The van der Waals surface area contributed by atoms with Crippen LogP contribution in [0.2, 0.25) is 5.02 Å². The monoisotopic (exact) mass is 239 g/mol. The van der Waals surface area contributed by atoms with E-state index in [1.165, 1.54) is 18.4 Å². The van der Waals surface area contributed by atoms with E-state index in [0.29, 0.717) is 6.04 Å². The molecule has 0 bridgehead atoms. The Morgan fingerprint density at radius 2 is 1.69 bits per heavy atom. The molecule has 1 aromatic carbocycles. The zero-order valence-electron chi connectivity index (χ0n) is 10.5. The van der Waals surface area contributed by atoms with Crippen LogP contribution in [0.4, 0.5) is 0 Å². The van der Waals surface area contributed by atoms with Crippen LogP contribution >= 0.6 is 11.6 Å². The minimum absolute atomic E-state index is 0.575. The molecule has 1 nitrogen and oxygen atoms in total. The molecule has 1 N–H and O–H groups in total. The van der Waals surface area contributed by atoms with Gasteiger partial charge in [-0.1, -0.05) is 50.4 Å². The molecule has 0 aliphatic heterocycles. The molecule has 1 aromatic rings. The average Bonchev–Trinajstić information content (AvgIpc) is 2.30. The predicted octanol–water partition coefficient (Wildman–Crippen LogP) is 4.25. The van der Waals surface area contributed by atoms with E-state index < -0.39 is 0 Å². The van der Waals surface area contributed by atoms with Gasteiger partial charge in [0.1, 0.15) is 0 Å². The van der Waals surface area contributed by atoms with Crippen LogP contribution in [-0.2, 0) is 6.54 Å². The van der Waals surface area contributed by atoms with Gasteiger partial charge in [-0.05, 0) is 30.5 Å². The van der Waals surface area contributed by atoms with Crippen LogP contribution in [0.3, 0.4) is 0 Å². The van der Waals surface area contributed by atoms with E-state index in [9.17, 15) is 0 Å². The minimum Gasteiger partial charge on any atom is -0.310 e. The van der Waals surface area contributed by atoms with Crippen LogP contribution in [0.25, 0.3) is 0 Å². The molecule has 0 spiro atoms. The zero-order valence-corrected chi connectivity index (χ0v) is 11.2. The molecule has 0 radical (unpaired) electrons. The molecule has 0 saturated heterocycles. The number of halogens is 1. The predicted molar refractivity (Wildman–Crippen MR) is 71.8 cm³/mol. The molecule has 0 aromatic heterocycles. The van der Waals surface area contributed by atoms with Crippen LogP contribution in [-0.4, -0.2) is 6.04 Å². The van der Waals surface area contributed by atoms with E-state index in [0.717, 1.165) is 17.5 Å². The number of benzene rings is 1. The van der Waals surface area contributed by atoms with E-state index >= 15 is 0 Å². The molecule has 0 heterocycles. The molecule has 1 atom stereocenters. The fraction of sp³-hybridized carbons (Fsp3) is 0.571. The number of hydrogen-bond acceptors (Lipinski definition) is 1. The molecule has 1 unspecified atom stereocenters. The summed E-state index contributed by atoms with van der Waals surface area (Å²) in [4.78, 5) is 0. The van der Waals surface area contributed by atoms with Crippen molar-refractivity contribution < 1.29 is 0 Å². The molecule has 2 heteroatoms. The van der Waals surface area contributed by atoms with Crippen molar-refractivity contribution in [2.45, 2.75) is 46.2 Å². The molecule has 0 saturated carbocycles. The Kier molecular flexibility index (Phi) is 5.86. The quantitative estimate of drug-likeness (QED) is 0.783. The lowest BCUT2D eigenvalue weighted by Crippen LogP contribution is -2.32. The Morgan fingerprint density at radius 1 is 1.12 bits per heavy atom. The summed E-state index contributed by atoms with van der Waals surface area (Å²) in [5, 5.41) is 4.38.